The fourth-order valence-corrected chi connectivity index (χ4v) is 3.02. The molecule has 6 nitrogen and oxygen atoms in total. The molecule has 0 aliphatic carbocycles. The summed E-state index contributed by atoms with van der Waals surface area (Å²) in [4.78, 5) is 7.41. The number of methoxy groups -OCH3 is 1. The maximum absolute atomic E-state index is 12.3. The van der Waals surface area contributed by atoms with Crippen LogP contribution in [0.5, 0.6) is 5.88 Å². The molecule has 2 aromatic rings. The van der Waals surface area contributed by atoms with Crippen LogP contribution in [0.25, 0.3) is 0 Å². The third-order valence-corrected chi connectivity index (χ3v) is 4.04. The molecule has 0 aliphatic heterocycles. The van der Waals surface area contributed by atoms with Gasteiger partial charge in [-0.15, -0.1) is 0 Å². The molecule has 106 valence electrons. The summed E-state index contributed by atoms with van der Waals surface area (Å²) < 4.78 is 31.9. The van der Waals surface area contributed by atoms with Crippen molar-refractivity contribution in [3.05, 3.63) is 40.8 Å². The van der Waals surface area contributed by atoms with Gasteiger partial charge in [-0.3, -0.25) is 4.72 Å². The second-order valence-electron chi connectivity index (χ2n) is 3.63. The monoisotopic (exact) mass is 333 g/mol. The van der Waals surface area contributed by atoms with Crippen LogP contribution in [0.3, 0.4) is 0 Å². The molecule has 0 saturated carbocycles. The smallest absolute Gasteiger partial charge is 0.267 e. The van der Waals surface area contributed by atoms with Gasteiger partial charge in [-0.25, -0.2) is 18.4 Å². The maximum atomic E-state index is 12.3. The Balaban J connectivity index is 2.43. The quantitative estimate of drug-likeness (QED) is 0.869. The molecule has 0 aliphatic rings. The zero-order valence-electron chi connectivity index (χ0n) is 10.2. The molecule has 0 fully saturated rings. The van der Waals surface area contributed by atoms with E-state index in [4.69, 9.17) is 27.9 Å². The Bertz CT molecular complexity index is 737. The summed E-state index contributed by atoms with van der Waals surface area (Å²) in [5.74, 6) is -0.0537. The lowest BCUT2D eigenvalue weighted by Gasteiger charge is -2.11. The van der Waals surface area contributed by atoms with Crippen molar-refractivity contribution in [2.75, 3.05) is 11.8 Å². The number of sulfonamides is 1. The molecular weight excluding hydrogens is 325 g/mol. The van der Waals surface area contributed by atoms with Gasteiger partial charge in [0, 0.05) is 12.4 Å². The minimum absolute atomic E-state index is 0.0537. The van der Waals surface area contributed by atoms with Gasteiger partial charge in [-0.1, -0.05) is 23.2 Å². The molecule has 0 atom stereocenters. The van der Waals surface area contributed by atoms with Gasteiger partial charge in [0.2, 0.25) is 5.88 Å². The Morgan fingerprint density at radius 2 is 2.00 bits per heavy atom. The Hall–Kier alpha value is -1.57. The molecule has 0 saturated heterocycles. The molecule has 0 spiro atoms. The fourth-order valence-electron chi connectivity index (χ4n) is 1.43. The normalized spacial score (nSPS) is 11.2. The lowest BCUT2D eigenvalue weighted by molar-refractivity contribution is 0.385. The number of pyridine rings is 2. The van der Waals surface area contributed by atoms with Crippen LogP contribution in [-0.4, -0.2) is 25.5 Å². The third kappa shape index (κ3) is 3.30. The second kappa shape index (κ2) is 5.82. The van der Waals surface area contributed by atoms with Gasteiger partial charge in [-0.05, 0) is 18.2 Å². The SMILES string of the molecule is COc1ncc(Cl)cc1S(=O)(=O)Nc1ccnc(Cl)c1. The minimum atomic E-state index is -3.90. The van der Waals surface area contributed by atoms with E-state index in [1.165, 1.54) is 37.7 Å². The average Bonchev–Trinajstić information content (AvgIpc) is 2.38. The minimum Gasteiger partial charge on any atom is -0.480 e. The van der Waals surface area contributed by atoms with Crippen LogP contribution in [0.2, 0.25) is 10.2 Å². The zero-order chi connectivity index (χ0) is 14.8. The van der Waals surface area contributed by atoms with Crippen LogP contribution < -0.4 is 9.46 Å². The van der Waals surface area contributed by atoms with E-state index in [0.717, 1.165) is 0 Å². The summed E-state index contributed by atoms with van der Waals surface area (Å²) in [6.45, 7) is 0. The van der Waals surface area contributed by atoms with E-state index in [1.54, 1.807) is 0 Å². The summed E-state index contributed by atoms with van der Waals surface area (Å²) in [6.07, 6.45) is 2.68. The van der Waals surface area contributed by atoms with Gasteiger partial charge < -0.3 is 4.74 Å². The van der Waals surface area contributed by atoms with E-state index >= 15 is 0 Å². The Morgan fingerprint density at radius 1 is 1.25 bits per heavy atom. The van der Waals surface area contributed by atoms with E-state index in [9.17, 15) is 8.42 Å². The van der Waals surface area contributed by atoms with Crippen molar-refractivity contribution in [2.45, 2.75) is 4.90 Å². The van der Waals surface area contributed by atoms with E-state index < -0.39 is 10.0 Å². The maximum Gasteiger partial charge on any atom is 0.267 e. The lowest BCUT2D eigenvalue weighted by Crippen LogP contribution is -2.14. The molecule has 0 aromatic carbocycles. The van der Waals surface area contributed by atoms with Crippen molar-refractivity contribution in [3.8, 4) is 5.88 Å². The van der Waals surface area contributed by atoms with Gasteiger partial charge in [0.05, 0.1) is 17.8 Å². The number of nitrogens with one attached hydrogen (secondary N) is 1. The number of ether oxygens (including phenoxy) is 1. The number of rotatable bonds is 4. The van der Waals surface area contributed by atoms with E-state index in [-0.39, 0.29) is 26.6 Å². The number of aromatic nitrogens is 2. The largest absolute Gasteiger partial charge is 0.480 e. The van der Waals surface area contributed by atoms with E-state index in [2.05, 4.69) is 14.7 Å². The lowest BCUT2D eigenvalue weighted by atomic mass is 10.4. The number of hydrogen-bond donors (Lipinski definition) is 1. The van der Waals surface area contributed by atoms with Crippen LogP contribution in [0.1, 0.15) is 0 Å². The predicted molar refractivity (Wildman–Crippen MR) is 75.9 cm³/mol. The van der Waals surface area contributed by atoms with Crippen molar-refractivity contribution >= 4 is 38.9 Å². The highest BCUT2D eigenvalue weighted by molar-refractivity contribution is 7.92. The van der Waals surface area contributed by atoms with Crippen molar-refractivity contribution in [1.29, 1.82) is 0 Å². The predicted octanol–water partition coefficient (Wildman–Crippen LogP) is 2.59. The highest BCUT2D eigenvalue weighted by atomic mass is 35.5. The zero-order valence-corrected chi connectivity index (χ0v) is 12.5. The van der Waals surface area contributed by atoms with E-state index in [0.29, 0.717) is 0 Å². The molecule has 0 amide bonds. The standard InChI is InChI=1S/C11H9Cl2N3O3S/c1-19-11-9(4-7(12)6-15-11)20(17,18)16-8-2-3-14-10(13)5-8/h2-6H,1H3,(H,14,16). The molecule has 2 heterocycles. The van der Waals surface area contributed by atoms with Gasteiger partial charge in [0.25, 0.3) is 10.0 Å². The molecule has 1 N–H and O–H groups in total. The van der Waals surface area contributed by atoms with E-state index in [1.807, 2.05) is 0 Å². The van der Waals surface area contributed by atoms with Gasteiger partial charge in [0.15, 0.2) is 4.90 Å². The topological polar surface area (TPSA) is 81.2 Å². The summed E-state index contributed by atoms with van der Waals surface area (Å²) in [5.41, 5.74) is 0.270. The van der Waals surface area contributed by atoms with Gasteiger partial charge >= 0.3 is 0 Å². The van der Waals surface area contributed by atoms with Crippen LogP contribution in [0.15, 0.2) is 35.5 Å². The second-order valence-corrected chi connectivity index (χ2v) is 6.11. The molecule has 0 bridgehead atoms. The summed E-state index contributed by atoms with van der Waals surface area (Å²) in [5, 5.41) is 0.348. The van der Waals surface area contributed by atoms with Crippen molar-refractivity contribution < 1.29 is 13.2 Å². The molecule has 9 heteroatoms. The highest BCUT2D eigenvalue weighted by Crippen LogP contribution is 2.26. The third-order valence-electron chi connectivity index (χ3n) is 2.25. The molecular formula is C11H9Cl2N3O3S. The summed E-state index contributed by atoms with van der Waals surface area (Å²) in [7, 11) is -2.59. The van der Waals surface area contributed by atoms with Crippen molar-refractivity contribution in [3.63, 3.8) is 0 Å². The first kappa shape index (κ1) is 14.8. The van der Waals surface area contributed by atoms with Crippen LogP contribution >= 0.6 is 23.2 Å². The van der Waals surface area contributed by atoms with Crippen molar-refractivity contribution in [2.24, 2.45) is 0 Å². The molecule has 2 rings (SSSR count). The number of halogens is 2. The van der Waals surface area contributed by atoms with Crippen LogP contribution in [0, 0.1) is 0 Å². The summed E-state index contributed by atoms with van der Waals surface area (Å²) >= 11 is 11.5. The summed E-state index contributed by atoms with van der Waals surface area (Å²) in [6, 6.07) is 4.09. The fraction of sp³-hybridized carbons (Fsp3) is 0.0909. The van der Waals surface area contributed by atoms with Crippen LogP contribution in [-0.2, 0) is 10.0 Å². The van der Waals surface area contributed by atoms with Gasteiger partial charge in [-0.2, -0.15) is 0 Å². The molecule has 0 unspecified atom stereocenters. The van der Waals surface area contributed by atoms with Crippen molar-refractivity contribution in [1.82, 2.24) is 9.97 Å². The number of hydrogen-bond acceptors (Lipinski definition) is 5. The first-order valence-corrected chi connectivity index (χ1v) is 7.50. The Kier molecular flexibility index (Phi) is 4.32. The molecule has 0 radical (unpaired) electrons. The Labute approximate surface area is 125 Å². The Morgan fingerprint density at radius 3 is 2.65 bits per heavy atom. The number of nitrogens with zero attached hydrogens (tertiary/aromatic N) is 2. The van der Waals surface area contributed by atoms with Crippen LogP contribution in [0.4, 0.5) is 5.69 Å². The van der Waals surface area contributed by atoms with Gasteiger partial charge in [0.1, 0.15) is 5.15 Å². The molecule has 20 heavy (non-hydrogen) atoms. The first-order valence-electron chi connectivity index (χ1n) is 5.26. The number of anilines is 1. The molecule has 2 aromatic heterocycles. The first-order chi connectivity index (χ1) is 9.42. The highest BCUT2D eigenvalue weighted by Gasteiger charge is 2.21. The average molecular weight is 334 g/mol.